The second kappa shape index (κ2) is 587. The largest absolute Gasteiger partial charge is 0.412 e. The molecule has 6 heavy (non-hydrogen) atoms. The van der Waals surface area contributed by atoms with Crippen LogP contribution >= 0.6 is 0 Å². The number of nitrogens with zero attached hydrogens (tertiary/aromatic N) is 1. The smallest absolute Gasteiger partial charge is 0.152 e. The summed E-state index contributed by atoms with van der Waals surface area (Å²) >= 11 is 0. The van der Waals surface area contributed by atoms with E-state index in [1.54, 1.807) is 0 Å². The van der Waals surface area contributed by atoms with Gasteiger partial charge < -0.3 is 10.7 Å². The third kappa shape index (κ3) is 32.9. The molecule has 40 valence electrons. The van der Waals surface area contributed by atoms with E-state index in [2.05, 4.69) is 11.7 Å². The second-order valence-electron chi connectivity index (χ2n) is 0.0816. The maximum atomic E-state index is 8.11. The molecule has 0 rings (SSSR count). The zero-order valence-corrected chi connectivity index (χ0v) is 2.96. The van der Waals surface area contributed by atoms with Crippen LogP contribution in [0, 0.1) is 4.91 Å². The fourth-order valence-corrected chi connectivity index (χ4v) is 0. The van der Waals surface area contributed by atoms with E-state index < -0.39 is 0 Å². The summed E-state index contributed by atoms with van der Waals surface area (Å²) < 4.78 is 0. The summed E-state index contributed by atoms with van der Waals surface area (Å²) in [6, 6.07) is 0. The summed E-state index contributed by atoms with van der Waals surface area (Å²) in [6.07, 6.45) is 0. The maximum absolute atomic E-state index is 8.11. The first-order chi connectivity index (χ1) is 2.41. The third-order valence-corrected chi connectivity index (χ3v) is 0. The fourth-order valence-electron chi connectivity index (χ4n) is 0. The van der Waals surface area contributed by atoms with E-state index in [1.807, 2.05) is 0 Å². The van der Waals surface area contributed by atoms with Crippen LogP contribution in [0.25, 0.3) is 0 Å². The molecule has 0 bridgehead atoms. The molecule has 0 aromatic heterocycles. The highest BCUT2D eigenvalue weighted by atomic mass is 16.6. The first-order valence-electron chi connectivity index (χ1n) is 0.716. The predicted molar refractivity (Wildman–Crippen MR) is 19.6 cm³/mol. The van der Waals surface area contributed by atoms with Gasteiger partial charge in [-0.25, -0.2) is 0 Å². The lowest BCUT2D eigenvalue weighted by Gasteiger charge is -1.32. The topological polar surface area (TPSA) is 133 Å². The van der Waals surface area contributed by atoms with Crippen LogP contribution in [-0.2, 0) is 0 Å². The third-order valence-electron chi connectivity index (χ3n) is 0. The fraction of sp³-hybridized carbons (Fsp3) is 0. The van der Waals surface area contributed by atoms with Gasteiger partial charge in [0.25, 0.3) is 0 Å². The van der Waals surface area contributed by atoms with Gasteiger partial charge in [0, 0.05) is 0 Å². The summed E-state index contributed by atoms with van der Waals surface area (Å²) in [5, 5.41) is 7.89. The van der Waals surface area contributed by atoms with Crippen molar-refractivity contribution in [2.75, 3.05) is 0 Å². The molecular formula is H7N3O3. The van der Waals surface area contributed by atoms with Crippen molar-refractivity contribution in [2.24, 2.45) is 17.0 Å². The summed E-state index contributed by atoms with van der Waals surface area (Å²) in [7, 11) is 0. The minimum absolute atomic E-state index is 0. The van der Waals surface area contributed by atoms with Crippen LogP contribution in [0.1, 0.15) is 0 Å². The predicted octanol–water partition coefficient (Wildman–Crippen LogP) is -1.86. The highest BCUT2D eigenvalue weighted by molar-refractivity contribution is 3.83. The summed E-state index contributed by atoms with van der Waals surface area (Å²) in [5.74, 6) is 8.00. The van der Waals surface area contributed by atoms with E-state index in [0.29, 0.717) is 0 Å². The lowest BCUT2D eigenvalue weighted by atomic mass is 13.0. The number of hydrogen-bond acceptors (Lipinski definition) is 4. The second-order valence-corrected chi connectivity index (χ2v) is 0.0816. The molecule has 0 unspecified atom stereocenters. The van der Waals surface area contributed by atoms with Crippen molar-refractivity contribution in [3.63, 3.8) is 0 Å². The van der Waals surface area contributed by atoms with E-state index in [-0.39, 0.29) is 5.48 Å². The molecule has 0 aliphatic heterocycles. The van der Waals surface area contributed by atoms with Crippen molar-refractivity contribution in [1.82, 2.24) is 0 Å². The molecule has 0 saturated carbocycles. The van der Waals surface area contributed by atoms with Gasteiger partial charge >= 0.3 is 0 Å². The lowest BCUT2D eigenvalue weighted by molar-refractivity contribution is 0.312. The number of hydrogen-bond donors (Lipinski definition) is 3. The van der Waals surface area contributed by atoms with Gasteiger partial charge in [-0.2, -0.15) is 0 Å². The lowest BCUT2D eigenvalue weighted by Crippen LogP contribution is -2.02. The average molecular weight is 97.1 g/mol. The maximum Gasteiger partial charge on any atom is 0.152 e. The molecule has 0 aromatic rings. The van der Waals surface area contributed by atoms with Crippen molar-refractivity contribution >= 4 is 0 Å². The monoisotopic (exact) mass is 97.0 g/mol. The highest BCUT2D eigenvalue weighted by Gasteiger charge is 1.18. The van der Waals surface area contributed by atoms with E-state index in [4.69, 9.17) is 10.1 Å². The molecule has 7 N–H and O–H groups in total. The Bertz CT molecular complexity index is 13.5. The van der Waals surface area contributed by atoms with Gasteiger partial charge in [-0.05, 0) is 0 Å². The summed E-state index contributed by atoms with van der Waals surface area (Å²) in [5.41, 5.74) is 0. The first kappa shape index (κ1) is 18.6. The summed E-state index contributed by atoms with van der Waals surface area (Å²) in [6.45, 7) is 0. The molecule has 0 fully saturated rings. The Morgan fingerprint density at radius 1 is 1.50 bits per heavy atom. The Hall–Kier alpha value is -0.720. The van der Waals surface area contributed by atoms with Gasteiger partial charge in [-0.3, -0.25) is 11.7 Å². The molecule has 0 aromatic carbocycles. The quantitative estimate of drug-likeness (QED) is 0.185. The van der Waals surface area contributed by atoms with Gasteiger partial charge in [0.1, 0.15) is 0 Å². The van der Waals surface area contributed by atoms with Crippen molar-refractivity contribution in [2.45, 2.75) is 0 Å². The van der Waals surface area contributed by atoms with E-state index in [0.717, 1.165) is 0 Å². The van der Waals surface area contributed by atoms with Crippen LogP contribution in [-0.4, -0.2) is 10.7 Å². The molecule has 0 radical (unpaired) electrons. The molecule has 6 nitrogen and oxygen atoms in total. The number of rotatable bonds is 0. The molecule has 0 heterocycles. The molecular weight excluding hydrogens is 90.0 g/mol. The minimum Gasteiger partial charge on any atom is -0.412 e. The van der Waals surface area contributed by atoms with E-state index >= 15 is 0 Å². The average Bonchev–Trinajstić information content (AvgIpc) is 1.46. The zero-order chi connectivity index (χ0) is 4.71. The molecule has 0 spiro atoms. The van der Waals surface area contributed by atoms with Crippen molar-refractivity contribution in [3.8, 4) is 0 Å². The van der Waals surface area contributed by atoms with Crippen molar-refractivity contribution in [3.05, 3.63) is 4.91 Å². The van der Waals surface area contributed by atoms with Crippen LogP contribution in [0.3, 0.4) is 0 Å². The molecule has 0 aliphatic carbocycles. The van der Waals surface area contributed by atoms with Crippen molar-refractivity contribution in [1.29, 1.82) is 0 Å². The summed E-state index contributed by atoms with van der Waals surface area (Å²) in [4.78, 5) is 8.11. The molecule has 0 aliphatic rings. The van der Waals surface area contributed by atoms with E-state index in [9.17, 15) is 0 Å². The molecule has 0 amide bonds. The molecule has 0 saturated heterocycles. The van der Waals surface area contributed by atoms with Gasteiger partial charge in [-0.1, -0.05) is 0 Å². The zero-order valence-electron chi connectivity index (χ0n) is 2.96. The van der Waals surface area contributed by atoms with Gasteiger partial charge in [0.05, 0.1) is 0 Å². The van der Waals surface area contributed by atoms with Crippen LogP contribution in [0.15, 0.2) is 5.34 Å². The number of nitrogens with two attached hydrogens (primary N) is 2. The number of hydrazine groups is 1. The highest BCUT2D eigenvalue weighted by Crippen LogP contribution is 1.25. The standard InChI is InChI=1S/H4N2.HNO2.H2O/c1-2;2-1-3;/h1-2H2;(H,2,3);1H2. The van der Waals surface area contributed by atoms with Gasteiger partial charge in [0.2, 0.25) is 0 Å². The van der Waals surface area contributed by atoms with Crippen LogP contribution in [0.2, 0.25) is 0 Å². The Morgan fingerprint density at radius 3 is 1.50 bits per heavy atom. The molecule has 6 heteroatoms. The SMILES string of the molecule is NN.O.O=NO. The van der Waals surface area contributed by atoms with Crippen molar-refractivity contribution < 1.29 is 10.7 Å². The van der Waals surface area contributed by atoms with Gasteiger partial charge in [0.15, 0.2) is 5.34 Å². The Kier molecular flexibility index (Phi) is 1820. The Labute approximate surface area is 34.0 Å². The first-order valence-corrected chi connectivity index (χ1v) is 0.716. The van der Waals surface area contributed by atoms with Crippen LogP contribution in [0.5, 0.6) is 0 Å². The van der Waals surface area contributed by atoms with E-state index in [1.165, 1.54) is 5.34 Å². The Morgan fingerprint density at radius 2 is 1.50 bits per heavy atom. The van der Waals surface area contributed by atoms with Crippen LogP contribution < -0.4 is 11.7 Å². The van der Waals surface area contributed by atoms with Crippen LogP contribution in [0.4, 0.5) is 0 Å². The Balaban J connectivity index is -0.0000000275. The minimum atomic E-state index is 0. The molecule has 0 atom stereocenters. The van der Waals surface area contributed by atoms with Gasteiger partial charge in [-0.15, -0.1) is 4.91 Å². The normalized spacial score (nSPS) is 3.00.